The van der Waals surface area contributed by atoms with E-state index in [1.54, 1.807) is 12.3 Å². The van der Waals surface area contributed by atoms with Gasteiger partial charge in [0.1, 0.15) is 6.10 Å². The maximum absolute atomic E-state index is 11.2. The van der Waals surface area contributed by atoms with Gasteiger partial charge in [0.05, 0.1) is 18.1 Å². The molecule has 1 unspecified atom stereocenters. The Bertz CT molecular complexity index is 690. The fourth-order valence-electron chi connectivity index (χ4n) is 2.75. The molecule has 0 bridgehead atoms. The molecule has 6 heteroatoms. The van der Waals surface area contributed by atoms with Crippen molar-refractivity contribution in [3.05, 3.63) is 63.8 Å². The van der Waals surface area contributed by atoms with Gasteiger partial charge in [0.25, 0.3) is 0 Å². The van der Waals surface area contributed by atoms with Crippen molar-refractivity contribution >= 4 is 11.5 Å². The molecule has 0 aliphatic carbocycles. The molecule has 0 N–H and O–H groups in total. The second-order valence-electron chi connectivity index (χ2n) is 5.27. The minimum atomic E-state index is -0.388. The molecule has 22 heavy (non-hydrogen) atoms. The third-order valence-corrected chi connectivity index (χ3v) is 3.86. The topological polar surface area (TPSA) is 68.5 Å². The summed E-state index contributed by atoms with van der Waals surface area (Å²) >= 11 is 0. The van der Waals surface area contributed by atoms with Crippen LogP contribution in [0.2, 0.25) is 0 Å². The standard InChI is InChI=1S/C16H17N3O3/c1-12-5-2-3-6-13(12)15-11-18(9-10-22-15)16-14(19(20)21)7-4-8-17-16/h2-8,15H,9-11H2,1H3. The summed E-state index contributed by atoms with van der Waals surface area (Å²) in [5, 5.41) is 11.2. The van der Waals surface area contributed by atoms with Crippen LogP contribution >= 0.6 is 0 Å². The Morgan fingerprint density at radius 1 is 1.32 bits per heavy atom. The third kappa shape index (κ3) is 2.78. The smallest absolute Gasteiger partial charge is 0.311 e. The Morgan fingerprint density at radius 2 is 2.14 bits per heavy atom. The second kappa shape index (κ2) is 6.11. The number of hydrogen-bond acceptors (Lipinski definition) is 5. The van der Waals surface area contributed by atoms with Crippen molar-refractivity contribution in [2.24, 2.45) is 0 Å². The predicted molar refractivity (Wildman–Crippen MR) is 83.0 cm³/mol. The molecule has 2 aromatic rings. The number of pyridine rings is 1. The van der Waals surface area contributed by atoms with Crippen LogP contribution in [0.25, 0.3) is 0 Å². The van der Waals surface area contributed by atoms with Crippen molar-refractivity contribution in [2.75, 3.05) is 24.6 Å². The molecular formula is C16H17N3O3. The number of aromatic nitrogens is 1. The molecule has 0 saturated carbocycles. The molecule has 3 rings (SSSR count). The van der Waals surface area contributed by atoms with Crippen LogP contribution < -0.4 is 4.90 Å². The van der Waals surface area contributed by atoms with Gasteiger partial charge in [0, 0.05) is 18.8 Å². The van der Waals surface area contributed by atoms with Crippen LogP contribution in [0.4, 0.5) is 11.5 Å². The fourth-order valence-corrected chi connectivity index (χ4v) is 2.75. The summed E-state index contributed by atoms with van der Waals surface area (Å²) in [6.45, 7) is 3.72. The van der Waals surface area contributed by atoms with Crippen LogP contribution in [0.15, 0.2) is 42.6 Å². The Hall–Kier alpha value is -2.47. The molecular weight excluding hydrogens is 282 g/mol. The van der Waals surface area contributed by atoms with E-state index in [2.05, 4.69) is 4.98 Å². The normalized spacial score (nSPS) is 18.2. The average molecular weight is 299 g/mol. The van der Waals surface area contributed by atoms with Crippen LogP contribution in [0.3, 0.4) is 0 Å². The summed E-state index contributed by atoms with van der Waals surface area (Å²) in [5.41, 5.74) is 2.31. The molecule has 1 saturated heterocycles. The Balaban J connectivity index is 1.88. The Kier molecular flexibility index (Phi) is 4.02. The molecule has 0 radical (unpaired) electrons. The second-order valence-corrected chi connectivity index (χ2v) is 5.27. The first-order chi connectivity index (χ1) is 10.7. The summed E-state index contributed by atoms with van der Waals surface area (Å²) in [4.78, 5) is 16.9. The minimum absolute atomic E-state index is 0.0351. The highest BCUT2D eigenvalue weighted by Gasteiger charge is 2.28. The van der Waals surface area contributed by atoms with Gasteiger partial charge >= 0.3 is 5.69 Å². The summed E-state index contributed by atoms with van der Waals surface area (Å²) in [6.07, 6.45) is 1.48. The Morgan fingerprint density at radius 3 is 2.91 bits per heavy atom. The lowest BCUT2D eigenvalue weighted by Gasteiger charge is -2.34. The lowest BCUT2D eigenvalue weighted by Crippen LogP contribution is -2.39. The molecule has 2 heterocycles. The maximum atomic E-state index is 11.2. The monoisotopic (exact) mass is 299 g/mol. The van der Waals surface area contributed by atoms with Crippen molar-refractivity contribution in [2.45, 2.75) is 13.0 Å². The maximum Gasteiger partial charge on any atom is 0.311 e. The quantitative estimate of drug-likeness (QED) is 0.644. The summed E-state index contributed by atoms with van der Waals surface area (Å²) < 4.78 is 5.86. The highest BCUT2D eigenvalue weighted by molar-refractivity contribution is 5.57. The first kappa shape index (κ1) is 14.5. The van der Waals surface area contributed by atoms with Crippen LogP contribution in [0.1, 0.15) is 17.2 Å². The van der Waals surface area contributed by atoms with Crippen molar-refractivity contribution in [1.29, 1.82) is 0 Å². The molecule has 0 amide bonds. The highest BCUT2D eigenvalue weighted by atomic mass is 16.6. The summed E-state index contributed by atoms with van der Waals surface area (Å²) in [7, 11) is 0. The van der Waals surface area contributed by atoms with Crippen LogP contribution in [-0.2, 0) is 4.74 Å². The number of nitrogens with zero attached hydrogens (tertiary/aromatic N) is 3. The predicted octanol–water partition coefficient (Wildman–Crippen LogP) is 2.88. The van der Waals surface area contributed by atoms with E-state index < -0.39 is 0 Å². The van der Waals surface area contributed by atoms with E-state index in [1.807, 2.05) is 36.1 Å². The van der Waals surface area contributed by atoms with Gasteiger partial charge in [0.15, 0.2) is 0 Å². The molecule has 0 spiro atoms. The molecule has 1 aromatic heterocycles. The van der Waals surface area contributed by atoms with Gasteiger partial charge < -0.3 is 9.64 Å². The average Bonchev–Trinajstić information content (AvgIpc) is 2.55. The van der Waals surface area contributed by atoms with Gasteiger partial charge in [-0.2, -0.15) is 0 Å². The molecule has 6 nitrogen and oxygen atoms in total. The van der Waals surface area contributed by atoms with E-state index in [0.29, 0.717) is 25.5 Å². The number of aryl methyl sites for hydroxylation is 1. The van der Waals surface area contributed by atoms with Crippen molar-refractivity contribution in [3.63, 3.8) is 0 Å². The number of ether oxygens (including phenoxy) is 1. The number of rotatable bonds is 3. The molecule has 114 valence electrons. The number of nitro groups is 1. The lowest BCUT2D eigenvalue weighted by molar-refractivity contribution is -0.384. The molecule has 1 fully saturated rings. The molecule has 1 aliphatic heterocycles. The van der Waals surface area contributed by atoms with E-state index in [9.17, 15) is 10.1 Å². The van der Waals surface area contributed by atoms with Gasteiger partial charge in [-0.15, -0.1) is 0 Å². The van der Waals surface area contributed by atoms with E-state index in [4.69, 9.17) is 4.74 Å². The summed E-state index contributed by atoms with van der Waals surface area (Å²) in [5.74, 6) is 0.411. The zero-order chi connectivity index (χ0) is 15.5. The number of benzene rings is 1. The van der Waals surface area contributed by atoms with Crippen molar-refractivity contribution < 1.29 is 9.66 Å². The van der Waals surface area contributed by atoms with E-state index in [1.165, 1.54) is 6.07 Å². The van der Waals surface area contributed by atoms with Crippen LogP contribution in [0, 0.1) is 17.0 Å². The molecule has 1 aromatic carbocycles. The minimum Gasteiger partial charge on any atom is -0.370 e. The van der Waals surface area contributed by atoms with Gasteiger partial charge in [-0.1, -0.05) is 24.3 Å². The van der Waals surface area contributed by atoms with Gasteiger partial charge in [-0.3, -0.25) is 10.1 Å². The zero-order valence-electron chi connectivity index (χ0n) is 12.3. The SMILES string of the molecule is Cc1ccccc1C1CN(c2ncccc2[N+](=O)[O-])CCO1. The van der Waals surface area contributed by atoms with Crippen molar-refractivity contribution in [1.82, 2.24) is 4.98 Å². The first-order valence-electron chi connectivity index (χ1n) is 7.18. The van der Waals surface area contributed by atoms with E-state index in [-0.39, 0.29) is 16.7 Å². The highest BCUT2D eigenvalue weighted by Crippen LogP contribution is 2.31. The lowest BCUT2D eigenvalue weighted by atomic mass is 10.0. The van der Waals surface area contributed by atoms with Crippen LogP contribution in [-0.4, -0.2) is 29.6 Å². The Labute approximate surface area is 128 Å². The first-order valence-corrected chi connectivity index (χ1v) is 7.18. The largest absolute Gasteiger partial charge is 0.370 e. The van der Waals surface area contributed by atoms with Gasteiger partial charge in [-0.05, 0) is 24.1 Å². The third-order valence-electron chi connectivity index (χ3n) is 3.86. The van der Waals surface area contributed by atoms with Crippen molar-refractivity contribution in [3.8, 4) is 0 Å². The molecule has 1 aliphatic rings. The van der Waals surface area contributed by atoms with E-state index in [0.717, 1.165) is 11.1 Å². The number of anilines is 1. The molecule has 1 atom stereocenters. The fraction of sp³-hybridized carbons (Fsp3) is 0.312. The number of hydrogen-bond donors (Lipinski definition) is 0. The van der Waals surface area contributed by atoms with Crippen LogP contribution in [0.5, 0.6) is 0 Å². The summed E-state index contributed by atoms with van der Waals surface area (Å²) in [6, 6.07) is 11.1. The number of morpholine rings is 1. The van der Waals surface area contributed by atoms with Gasteiger partial charge in [0.2, 0.25) is 5.82 Å². The van der Waals surface area contributed by atoms with E-state index >= 15 is 0 Å². The van der Waals surface area contributed by atoms with Gasteiger partial charge in [-0.25, -0.2) is 4.98 Å². The zero-order valence-corrected chi connectivity index (χ0v) is 12.3.